The first-order chi connectivity index (χ1) is 7.40. The van der Waals surface area contributed by atoms with Gasteiger partial charge in [0.15, 0.2) is 0 Å². The Hall–Kier alpha value is 0.930. The van der Waals surface area contributed by atoms with Crippen molar-refractivity contribution in [2.24, 2.45) is 0 Å². The van der Waals surface area contributed by atoms with Gasteiger partial charge in [-0.05, 0) is 43.4 Å². The van der Waals surface area contributed by atoms with Crippen molar-refractivity contribution >= 4 is 15.8 Å². The van der Waals surface area contributed by atoms with Crippen LogP contribution in [0.3, 0.4) is 0 Å². The molecule has 0 spiro atoms. The van der Waals surface area contributed by atoms with Crippen LogP contribution in [0.15, 0.2) is 18.2 Å². The molecule has 3 N–H and O–H groups in total. The van der Waals surface area contributed by atoms with E-state index in [9.17, 15) is 8.42 Å². The molecule has 0 aliphatic heterocycles. The molecule has 1 aromatic rings. The summed E-state index contributed by atoms with van der Waals surface area (Å²) in [7, 11) is -3.83. The zero-order chi connectivity index (χ0) is 12.2. The Kier molecular flexibility index (Phi) is 11.5. The van der Waals surface area contributed by atoms with E-state index in [2.05, 4.69) is 0 Å². The Labute approximate surface area is 156 Å². The van der Waals surface area contributed by atoms with Gasteiger partial charge in [-0.15, -0.1) is 0 Å². The number of anilines is 1. The van der Waals surface area contributed by atoms with Gasteiger partial charge in [0.05, 0.1) is 5.75 Å². The minimum absolute atomic E-state index is 0. The summed E-state index contributed by atoms with van der Waals surface area (Å²) in [5.41, 5.74) is 8.75. The Morgan fingerprint density at radius 2 is 1.89 bits per heavy atom. The molecule has 0 aromatic heterocycles. The molecule has 0 atom stereocenters. The summed E-state index contributed by atoms with van der Waals surface area (Å²) in [6.07, 6.45) is 1.90. The van der Waals surface area contributed by atoms with Gasteiger partial charge in [0, 0.05) is 5.69 Å². The molecule has 0 saturated heterocycles. The van der Waals surface area contributed by atoms with Crippen LogP contribution in [0.1, 0.15) is 26.8 Å². The zero-order valence-corrected chi connectivity index (χ0v) is 16.1. The van der Waals surface area contributed by atoms with Crippen molar-refractivity contribution in [3.8, 4) is 0 Å². The van der Waals surface area contributed by atoms with Crippen molar-refractivity contribution in [3.05, 3.63) is 29.3 Å². The van der Waals surface area contributed by atoms with Crippen LogP contribution < -0.4 is 64.8 Å². The molecule has 18 heavy (non-hydrogen) atoms. The third kappa shape index (κ3) is 8.17. The van der Waals surface area contributed by atoms with Crippen LogP contribution >= 0.6 is 0 Å². The van der Waals surface area contributed by atoms with Crippen LogP contribution in [0.25, 0.3) is 0 Å². The Bertz CT molecular complexity index is 452. The average molecular weight is 291 g/mol. The molecule has 0 fully saturated rings. The topological polar surface area (TPSA) is 80.4 Å². The van der Waals surface area contributed by atoms with E-state index in [1.54, 1.807) is 0 Å². The SMILES string of the molecule is Cc1cccc(N)c1CCCCS(=O)(=O)O.[H-].[H-].[Na+].[Na+]. The van der Waals surface area contributed by atoms with E-state index in [1.165, 1.54) is 0 Å². The fraction of sp³-hybridized carbons (Fsp3) is 0.455. The van der Waals surface area contributed by atoms with E-state index < -0.39 is 10.1 Å². The first kappa shape index (κ1) is 21.2. The first-order valence-corrected chi connectivity index (χ1v) is 6.80. The van der Waals surface area contributed by atoms with Gasteiger partial charge in [-0.2, -0.15) is 8.42 Å². The van der Waals surface area contributed by atoms with Crippen LogP contribution in [0.4, 0.5) is 5.69 Å². The van der Waals surface area contributed by atoms with Gasteiger partial charge in [0.2, 0.25) is 0 Å². The fourth-order valence-corrected chi connectivity index (χ4v) is 2.22. The predicted octanol–water partition coefficient (Wildman–Crippen LogP) is -3.98. The minimum atomic E-state index is -3.83. The molecule has 4 nitrogen and oxygen atoms in total. The predicted molar refractivity (Wildman–Crippen MR) is 67.2 cm³/mol. The molecule has 1 aromatic carbocycles. The molecule has 7 heteroatoms. The number of unbranched alkanes of at least 4 members (excludes halogenated alkanes) is 1. The second-order valence-corrected chi connectivity index (χ2v) is 5.46. The second-order valence-electron chi connectivity index (χ2n) is 3.89. The summed E-state index contributed by atoms with van der Waals surface area (Å²) in [6, 6.07) is 5.71. The third-order valence-corrected chi connectivity index (χ3v) is 3.33. The monoisotopic (exact) mass is 291 g/mol. The Balaban J connectivity index is -0.000000320. The molecule has 0 unspecified atom stereocenters. The van der Waals surface area contributed by atoms with Crippen molar-refractivity contribution in [1.29, 1.82) is 0 Å². The molecule has 0 heterocycles. The van der Waals surface area contributed by atoms with Crippen LogP contribution in [-0.2, 0) is 16.5 Å². The summed E-state index contributed by atoms with van der Waals surface area (Å²) < 4.78 is 29.6. The van der Waals surface area contributed by atoms with Gasteiger partial charge in [0.25, 0.3) is 10.1 Å². The van der Waals surface area contributed by atoms with Crippen LogP contribution in [0.2, 0.25) is 0 Å². The van der Waals surface area contributed by atoms with E-state index in [1.807, 2.05) is 25.1 Å². The Morgan fingerprint density at radius 1 is 1.28 bits per heavy atom. The zero-order valence-electron chi connectivity index (χ0n) is 13.3. The third-order valence-electron chi connectivity index (χ3n) is 2.53. The molecule has 0 aliphatic carbocycles. The summed E-state index contributed by atoms with van der Waals surface area (Å²) in [6.45, 7) is 1.98. The average Bonchev–Trinajstić information content (AvgIpc) is 2.14. The molecule has 0 amide bonds. The summed E-state index contributed by atoms with van der Waals surface area (Å²) in [4.78, 5) is 0. The van der Waals surface area contributed by atoms with E-state index >= 15 is 0 Å². The fourth-order valence-electron chi connectivity index (χ4n) is 1.65. The maximum Gasteiger partial charge on any atom is 1.00 e. The van der Waals surface area contributed by atoms with E-state index in [0.29, 0.717) is 12.8 Å². The molecule has 0 bridgehead atoms. The van der Waals surface area contributed by atoms with E-state index in [0.717, 1.165) is 23.2 Å². The van der Waals surface area contributed by atoms with Gasteiger partial charge in [-0.1, -0.05) is 12.1 Å². The Morgan fingerprint density at radius 3 is 2.39 bits per heavy atom. The molecule has 1 rings (SSSR count). The van der Waals surface area contributed by atoms with Crippen LogP contribution in [0.5, 0.6) is 0 Å². The molecule has 94 valence electrons. The normalized spacial score (nSPS) is 10.3. The molecule has 0 aliphatic rings. The standard InChI is InChI=1S/C11H17NO3S.2Na.2H/c1-9-5-4-7-11(12)10(9)6-2-3-8-16(13,14)15;;;;/h4-5,7H,2-3,6,8,12H2,1H3,(H,13,14,15);;;;/q;2*+1;2*-1. The van der Waals surface area contributed by atoms with Gasteiger partial charge in [0.1, 0.15) is 0 Å². The number of benzene rings is 1. The van der Waals surface area contributed by atoms with E-state index in [4.69, 9.17) is 10.3 Å². The van der Waals surface area contributed by atoms with E-state index in [-0.39, 0.29) is 67.7 Å². The molecular formula is C11H19NNa2O3S. The van der Waals surface area contributed by atoms with Gasteiger partial charge in [-0.3, -0.25) is 4.55 Å². The summed E-state index contributed by atoms with van der Waals surface area (Å²) in [5, 5.41) is 0. The number of rotatable bonds is 5. The van der Waals surface area contributed by atoms with Crippen LogP contribution in [-0.4, -0.2) is 18.7 Å². The largest absolute Gasteiger partial charge is 1.00 e. The molecule has 0 radical (unpaired) electrons. The maximum absolute atomic E-state index is 10.5. The maximum atomic E-state index is 10.5. The van der Waals surface area contributed by atoms with Crippen LogP contribution in [0, 0.1) is 6.92 Å². The number of aryl methyl sites for hydroxylation is 1. The molecule has 0 saturated carbocycles. The summed E-state index contributed by atoms with van der Waals surface area (Å²) >= 11 is 0. The molecular weight excluding hydrogens is 272 g/mol. The van der Waals surface area contributed by atoms with Crippen molar-refractivity contribution in [3.63, 3.8) is 0 Å². The smallest absolute Gasteiger partial charge is 1.00 e. The number of hydrogen-bond donors (Lipinski definition) is 2. The minimum Gasteiger partial charge on any atom is -1.00 e. The van der Waals surface area contributed by atoms with Gasteiger partial charge in [-0.25, -0.2) is 0 Å². The van der Waals surface area contributed by atoms with Gasteiger partial charge >= 0.3 is 59.1 Å². The van der Waals surface area contributed by atoms with Crippen molar-refractivity contribution in [2.75, 3.05) is 11.5 Å². The van der Waals surface area contributed by atoms with Crippen molar-refractivity contribution in [2.45, 2.75) is 26.2 Å². The van der Waals surface area contributed by atoms with Crippen molar-refractivity contribution < 1.29 is 74.9 Å². The summed E-state index contributed by atoms with van der Waals surface area (Å²) in [5.74, 6) is -0.182. The number of nitrogen functional groups attached to an aromatic ring is 1. The second kappa shape index (κ2) is 9.77. The van der Waals surface area contributed by atoms with Crippen molar-refractivity contribution in [1.82, 2.24) is 0 Å². The number of hydrogen-bond acceptors (Lipinski definition) is 3. The number of nitrogens with two attached hydrogens (primary N) is 1. The van der Waals surface area contributed by atoms with Gasteiger partial charge < -0.3 is 8.59 Å². The quantitative estimate of drug-likeness (QED) is 0.251. The first-order valence-electron chi connectivity index (χ1n) is 5.19.